The van der Waals surface area contributed by atoms with E-state index in [4.69, 9.17) is 0 Å². The highest BCUT2D eigenvalue weighted by atomic mass is 32.2. The van der Waals surface area contributed by atoms with Gasteiger partial charge in [-0.3, -0.25) is 9.52 Å². The highest BCUT2D eigenvalue weighted by Gasteiger charge is 2.09. The van der Waals surface area contributed by atoms with Gasteiger partial charge in [0.25, 0.3) is 0 Å². The van der Waals surface area contributed by atoms with E-state index < -0.39 is 10.0 Å². The fourth-order valence-electron chi connectivity index (χ4n) is 1.51. The van der Waals surface area contributed by atoms with Crippen LogP contribution in [0.3, 0.4) is 0 Å². The van der Waals surface area contributed by atoms with Gasteiger partial charge in [-0.15, -0.1) is 0 Å². The van der Waals surface area contributed by atoms with Crippen molar-refractivity contribution in [1.29, 1.82) is 0 Å². The Bertz CT molecular complexity index is 541. The molecule has 0 aromatic heterocycles. The topological polar surface area (TPSA) is 75.3 Å². The lowest BCUT2D eigenvalue weighted by Gasteiger charge is -2.11. The number of anilines is 1. The Morgan fingerprint density at radius 1 is 1.37 bits per heavy atom. The minimum Gasteiger partial charge on any atom is -0.352 e. The first-order valence-corrected chi connectivity index (χ1v) is 8.05. The fraction of sp³-hybridized carbons (Fsp3) is 0.462. The van der Waals surface area contributed by atoms with Crippen LogP contribution >= 0.6 is 0 Å². The van der Waals surface area contributed by atoms with Crippen LogP contribution < -0.4 is 10.0 Å². The van der Waals surface area contributed by atoms with Gasteiger partial charge >= 0.3 is 0 Å². The van der Waals surface area contributed by atoms with E-state index in [-0.39, 0.29) is 11.8 Å². The zero-order valence-corrected chi connectivity index (χ0v) is 12.3. The highest BCUT2D eigenvalue weighted by Crippen LogP contribution is 2.12. The zero-order valence-electron chi connectivity index (χ0n) is 11.4. The average Bonchev–Trinajstić information content (AvgIpc) is 2.33. The minimum absolute atomic E-state index is 0.00368. The largest absolute Gasteiger partial charge is 0.352 e. The van der Waals surface area contributed by atoms with Gasteiger partial charge < -0.3 is 5.32 Å². The van der Waals surface area contributed by atoms with Gasteiger partial charge in [0.1, 0.15) is 0 Å². The van der Waals surface area contributed by atoms with Crippen LogP contribution in [0.4, 0.5) is 5.69 Å². The maximum Gasteiger partial charge on any atom is 0.229 e. The predicted molar refractivity (Wildman–Crippen MR) is 76.2 cm³/mol. The molecule has 1 amide bonds. The molecule has 1 rings (SSSR count). The van der Waals surface area contributed by atoms with Crippen molar-refractivity contribution in [2.45, 2.75) is 26.8 Å². The van der Waals surface area contributed by atoms with Crippen LogP contribution in [0, 0.1) is 5.92 Å². The molecular formula is C13H20N2O3S. The monoisotopic (exact) mass is 284 g/mol. The maximum atomic E-state index is 11.6. The molecule has 0 bridgehead atoms. The summed E-state index contributed by atoms with van der Waals surface area (Å²) in [6.07, 6.45) is 1.89. The number of benzene rings is 1. The number of carbonyl (C=O) groups is 1. The third kappa shape index (κ3) is 5.74. The van der Waals surface area contributed by atoms with Crippen molar-refractivity contribution in [3.8, 4) is 0 Å². The maximum absolute atomic E-state index is 11.6. The van der Waals surface area contributed by atoms with Crippen molar-refractivity contribution in [3.63, 3.8) is 0 Å². The second kappa shape index (κ2) is 6.56. The van der Waals surface area contributed by atoms with Crippen molar-refractivity contribution >= 4 is 21.6 Å². The van der Waals surface area contributed by atoms with Crippen LogP contribution in [0.2, 0.25) is 0 Å². The van der Waals surface area contributed by atoms with E-state index in [1.807, 2.05) is 19.9 Å². The van der Waals surface area contributed by atoms with Crippen molar-refractivity contribution in [2.24, 2.45) is 5.92 Å². The lowest BCUT2D eigenvalue weighted by Crippen LogP contribution is -2.28. The molecule has 5 nitrogen and oxygen atoms in total. The molecule has 0 spiro atoms. The molecule has 0 unspecified atom stereocenters. The molecule has 106 valence electrons. The molecule has 6 heteroatoms. The molecule has 0 saturated heterocycles. The zero-order chi connectivity index (χ0) is 14.5. The number of nitrogens with one attached hydrogen (secondary N) is 2. The summed E-state index contributed by atoms with van der Waals surface area (Å²) in [5.41, 5.74) is 1.35. The summed E-state index contributed by atoms with van der Waals surface area (Å²) < 4.78 is 24.7. The van der Waals surface area contributed by atoms with Gasteiger partial charge in [0.15, 0.2) is 0 Å². The van der Waals surface area contributed by atoms with Crippen molar-refractivity contribution in [2.75, 3.05) is 11.0 Å². The summed E-state index contributed by atoms with van der Waals surface area (Å²) in [5.74, 6) is -0.0127. The lowest BCUT2D eigenvalue weighted by atomic mass is 10.1. The SMILES string of the molecule is CC[C@H](C)C(=O)NCc1cccc(NS(C)(=O)=O)c1. The van der Waals surface area contributed by atoms with E-state index in [0.29, 0.717) is 12.2 Å². The Morgan fingerprint density at radius 2 is 2.05 bits per heavy atom. The van der Waals surface area contributed by atoms with E-state index in [0.717, 1.165) is 18.2 Å². The molecule has 0 heterocycles. The first-order chi connectivity index (χ1) is 8.81. The first-order valence-electron chi connectivity index (χ1n) is 6.16. The molecule has 0 fully saturated rings. The quantitative estimate of drug-likeness (QED) is 0.835. The molecule has 0 radical (unpaired) electrons. The van der Waals surface area contributed by atoms with E-state index in [1.54, 1.807) is 18.2 Å². The summed E-state index contributed by atoms with van der Waals surface area (Å²) >= 11 is 0. The number of amides is 1. The van der Waals surface area contributed by atoms with Gasteiger partial charge in [-0.25, -0.2) is 8.42 Å². The van der Waals surface area contributed by atoms with Gasteiger partial charge in [-0.05, 0) is 24.1 Å². The van der Waals surface area contributed by atoms with E-state index in [9.17, 15) is 13.2 Å². The minimum atomic E-state index is -3.28. The second-order valence-electron chi connectivity index (χ2n) is 4.60. The number of sulfonamides is 1. The summed E-state index contributed by atoms with van der Waals surface area (Å²) in [6.45, 7) is 4.22. The number of hydrogen-bond acceptors (Lipinski definition) is 3. The Hall–Kier alpha value is -1.56. The van der Waals surface area contributed by atoms with Gasteiger partial charge in [-0.2, -0.15) is 0 Å². The van der Waals surface area contributed by atoms with Crippen LogP contribution in [0.15, 0.2) is 24.3 Å². The highest BCUT2D eigenvalue weighted by molar-refractivity contribution is 7.92. The Kier molecular flexibility index (Phi) is 5.35. The van der Waals surface area contributed by atoms with Crippen molar-refractivity contribution in [3.05, 3.63) is 29.8 Å². The molecule has 1 aromatic carbocycles. The Labute approximate surface area is 114 Å². The Morgan fingerprint density at radius 3 is 2.63 bits per heavy atom. The van der Waals surface area contributed by atoms with Crippen LogP contribution in [0.5, 0.6) is 0 Å². The summed E-state index contributed by atoms with van der Waals surface area (Å²) in [4.78, 5) is 11.6. The van der Waals surface area contributed by atoms with Crippen LogP contribution in [-0.4, -0.2) is 20.6 Å². The van der Waals surface area contributed by atoms with Crippen LogP contribution in [0.1, 0.15) is 25.8 Å². The van der Waals surface area contributed by atoms with E-state index in [1.165, 1.54) is 0 Å². The van der Waals surface area contributed by atoms with Gasteiger partial charge in [0.2, 0.25) is 15.9 Å². The average molecular weight is 284 g/mol. The summed E-state index contributed by atoms with van der Waals surface area (Å²) in [5, 5.41) is 2.82. The first kappa shape index (κ1) is 15.5. The molecule has 2 N–H and O–H groups in total. The molecule has 0 saturated carbocycles. The summed E-state index contributed by atoms with van der Waals surface area (Å²) in [6, 6.07) is 6.96. The van der Waals surface area contributed by atoms with Gasteiger partial charge in [0.05, 0.1) is 6.26 Å². The number of hydrogen-bond donors (Lipinski definition) is 2. The van der Waals surface area contributed by atoms with Crippen LogP contribution in [-0.2, 0) is 21.4 Å². The molecule has 1 aromatic rings. The van der Waals surface area contributed by atoms with E-state index >= 15 is 0 Å². The third-order valence-corrected chi connectivity index (χ3v) is 3.36. The standard InChI is InChI=1S/C13H20N2O3S/c1-4-10(2)13(16)14-9-11-6-5-7-12(8-11)15-19(3,17)18/h5-8,10,15H,4,9H2,1-3H3,(H,14,16)/t10-/m0/s1. The van der Waals surface area contributed by atoms with Gasteiger partial charge in [-0.1, -0.05) is 26.0 Å². The molecule has 0 aliphatic carbocycles. The molecule has 19 heavy (non-hydrogen) atoms. The second-order valence-corrected chi connectivity index (χ2v) is 6.35. The van der Waals surface area contributed by atoms with Crippen LogP contribution in [0.25, 0.3) is 0 Å². The third-order valence-electron chi connectivity index (χ3n) is 2.76. The number of rotatable bonds is 6. The smallest absolute Gasteiger partial charge is 0.229 e. The fourth-order valence-corrected chi connectivity index (χ4v) is 2.06. The number of carbonyl (C=O) groups excluding carboxylic acids is 1. The molecule has 0 aliphatic heterocycles. The summed E-state index contributed by atoms with van der Waals surface area (Å²) in [7, 11) is -3.28. The normalized spacial score (nSPS) is 12.8. The molecule has 1 atom stereocenters. The van der Waals surface area contributed by atoms with Crippen molar-refractivity contribution < 1.29 is 13.2 Å². The molecular weight excluding hydrogens is 264 g/mol. The predicted octanol–water partition coefficient (Wildman–Crippen LogP) is 1.72. The van der Waals surface area contributed by atoms with Crippen molar-refractivity contribution in [1.82, 2.24) is 5.32 Å². The Balaban J connectivity index is 2.65. The van der Waals surface area contributed by atoms with E-state index in [2.05, 4.69) is 10.0 Å². The lowest BCUT2D eigenvalue weighted by molar-refractivity contribution is -0.124. The molecule has 0 aliphatic rings. The van der Waals surface area contributed by atoms with Gasteiger partial charge in [0, 0.05) is 18.2 Å².